The Balaban J connectivity index is 2.74. The molecule has 0 saturated carbocycles. The van der Waals surface area contributed by atoms with Gasteiger partial charge in [0, 0.05) is 10.7 Å². The number of benzene rings is 1. The van der Waals surface area contributed by atoms with Gasteiger partial charge >= 0.3 is 0 Å². The number of nitrogen functional groups attached to an aromatic ring is 1. The SMILES string of the molecule is Nc1nc2cc(S(=O)(=O)Cl)ccc2s1. The van der Waals surface area contributed by atoms with E-state index in [4.69, 9.17) is 16.4 Å². The summed E-state index contributed by atoms with van der Waals surface area (Å²) in [5.41, 5.74) is 6.02. The molecule has 0 fully saturated rings. The lowest BCUT2D eigenvalue weighted by Gasteiger charge is -1.93. The summed E-state index contributed by atoms with van der Waals surface area (Å²) in [7, 11) is 1.49. The molecule has 2 rings (SSSR count). The van der Waals surface area contributed by atoms with Crippen molar-refractivity contribution >= 4 is 46.4 Å². The third-order valence-electron chi connectivity index (χ3n) is 1.66. The van der Waals surface area contributed by atoms with Gasteiger partial charge in [0.15, 0.2) is 5.13 Å². The van der Waals surface area contributed by atoms with Crippen LogP contribution in [0.15, 0.2) is 23.1 Å². The number of halogens is 1. The van der Waals surface area contributed by atoms with E-state index < -0.39 is 9.05 Å². The van der Waals surface area contributed by atoms with Crippen molar-refractivity contribution in [2.24, 2.45) is 0 Å². The summed E-state index contributed by atoms with van der Waals surface area (Å²) in [5, 5.41) is 0.407. The number of nitrogens with zero attached hydrogens (tertiary/aromatic N) is 1. The van der Waals surface area contributed by atoms with Gasteiger partial charge in [-0.1, -0.05) is 11.3 Å². The number of nitrogens with two attached hydrogens (primary N) is 1. The minimum Gasteiger partial charge on any atom is -0.375 e. The van der Waals surface area contributed by atoms with Gasteiger partial charge in [0.25, 0.3) is 9.05 Å². The van der Waals surface area contributed by atoms with E-state index in [0.717, 1.165) is 4.70 Å². The molecule has 1 aromatic carbocycles. The maximum Gasteiger partial charge on any atom is 0.261 e. The molecule has 0 aliphatic heterocycles. The summed E-state index contributed by atoms with van der Waals surface area (Å²) in [4.78, 5) is 4.00. The summed E-state index contributed by atoms with van der Waals surface area (Å²) in [6.45, 7) is 0. The van der Waals surface area contributed by atoms with Crippen LogP contribution in [0.2, 0.25) is 0 Å². The van der Waals surface area contributed by atoms with Crippen molar-refractivity contribution in [1.82, 2.24) is 4.98 Å². The van der Waals surface area contributed by atoms with Gasteiger partial charge in [-0.2, -0.15) is 0 Å². The fourth-order valence-corrected chi connectivity index (χ4v) is 2.56. The van der Waals surface area contributed by atoms with Crippen LogP contribution < -0.4 is 5.73 Å². The summed E-state index contributed by atoms with van der Waals surface area (Å²) >= 11 is 1.30. The Morgan fingerprint density at radius 1 is 1.43 bits per heavy atom. The van der Waals surface area contributed by atoms with Gasteiger partial charge < -0.3 is 5.73 Å². The molecule has 1 heterocycles. The number of hydrogen-bond donors (Lipinski definition) is 1. The van der Waals surface area contributed by atoms with E-state index in [-0.39, 0.29) is 4.90 Å². The maximum absolute atomic E-state index is 11.0. The van der Waals surface area contributed by atoms with Crippen LogP contribution in [0.25, 0.3) is 10.2 Å². The second-order valence-corrected chi connectivity index (χ2v) is 6.25. The Hall–Kier alpha value is -0.850. The van der Waals surface area contributed by atoms with Crippen LogP contribution in [-0.2, 0) is 9.05 Å². The monoisotopic (exact) mass is 248 g/mol. The highest BCUT2D eigenvalue weighted by Gasteiger charge is 2.11. The number of thiazole rings is 1. The zero-order valence-electron chi connectivity index (χ0n) is 6.77. The van der Waals surface area contributed by atoms with Crippen molar-refractivity contribution in [3.63, 3.8) is 0 Å². The number of hydrogen-bond acceptors (Lipinski definition) is 5. The molecule has 0 atom stereocenters. The van der Waals surface area contributed by atoms with Gasteiger partial charge in [-0.25, -0.2) is 13.4 Å². The highest BCUT2D eigenvalue weighted by Crippen LogP contribution is 2.26. The Labute approximate surface area is 88.7 Å². The summed E-state index contributed by atoms with van der Waals surface area (Å²) < 4.78 is 22.8. The maximum atomic E-state index is 11.0. The first-order valence-electron chi connectivity index (χ1n) is 3.57. The second-order valence-electron chi connectivity index (χ2n) is 2.62. The highest BCUT2D eigenvalue weighted by molar-refractivity contribution is 8.13. The van der Waals surface area contributed by atoms with Crippen molar-refractivity contribution in [2.45, 2.75) is 4.90 Å². The first-order chi connectivity index (χ1) is 6.47. The average molecular weight is 249 g/mol. The molecule has 0 aliphatic rings. The van der Waals surface area contributed by atoms with Crippen molar-refractivity contribution in [2.75, 3.05) is 5.73 Å². The molecule has 7 heteroatoms. The number of anilines is 1. The quantitative estimate of drug-likeness (QED) is 0.781. The van der Waals surface area contributed by atoms with Crippen molar-refractivity contribution in [3.8, 4) is 0 Å². The average Bonchev–Trinajstić information content (AvgIpc) is 2.41. The molecule has 4 nitrogen and oxygen atoms in total. The lowest BCUT2D eigenvalue weighted by Crippen LogP contribution is -1.89. The molecule has 2 aromatic rings. The van der Waals surface area contributed by atoms with E-state index in [0.29, 0.717) is 10.6 Å². The van der Waals surface area contributed by atoms with Gasteiger partial charge in [-0.3, -0.25) is 0 Å². The molecule has 0 radical (unpaired) electrons. The smallest absolute Gasteiger partial charge is 0.261 e. The predicted octanol–water partition coefficient (Wildman–Crippen LogP) is 1.81. The molecule has 14 heavy (non-hydrogen) atoms. The highest BCUT2D eigenvalue weighted by atomic mass is 35.7. The molecule has 0 bridgehead atoms. The Kier molecular flexibility index (Phi) is 2.13. The van der Waals surface area contributed by atoms with E-state index in [1.54, 1.807) is 6.07 Å². The molecule has 0 saturated heterocycles. The van der Waals surface area contributed by atoms with Gasteiger partial charge in [-0.15, -0.1) is 0 Å². The third-order valence-corrected chi connectivity index (χ3v) is 3.87. The lowest BCUT2D eigenvalue weighted by molar-refractivity contribution is 0.609. The molecule has 74 valence electrons. The fraction of sp³-hybridized carbons (Fsp3) is 0. The number of aromatic nitrogens is 1. The molecule has 1 aromatic heterocycles. The predicted molar refractivity (Wildman–Crippen MR) is 57.1 cm³/mol. The zero-order valence-corrected chi connectivity index (χ0v) is 9.16. The van der Waals surface area contributed by atoms with Crippen molar-refractivity contribution in [1.29, 1.82) is 0 Å². The summed E-state index contributed by atoms with van der Waals surface area (Å²) in [6, 6.07) is 4.48. The van der Waals surface area contributed by atoms with Crippen LogP contribution in [0.1, 0.15) is 0 Å². The zero-order chi connectivity index (χ0) is 10.3. The summed E-state index contributed by atoms with van der Waals surface area (Å²) in [5.74, 6) is 0. The molecular formula is C7H5ClN2O2S2. The van der Waals surface area contributed by atoms with E-state index in [1.165, 1.54) is 23.5 Å². The van der Waals surface area contributed by atoms with Crippen LogP contribution in [0.5, 0.6) is 0 Å². The minimum atomic E-state index is -3.69. The normalized spacial score (nSPS) is 12.1. The van der Waals surface area contributed by atoms with Crippen LogP contribution in [-0.4, -0.2) is 13.4 Å². The molecule has 0 unspecified atom stereocenters. The first kappa shape index (κ1) is 9.70. The number of fused-ring (bicyclic) bond motifs is 1. The van der Waals surface area contributed by atoms with E-state index in [9.17, 15) is 8.42 Å². The fourth-order valence-electron chi connectivity index (χ4n) is 1.08. The molecule has 0 aliphatic carbocycles. The third kappa shape index (κ3) is 1.68. The topological polar surface area (TPSA) is 73.0 Å². The first-order valence-corrected chi connectivity index (χ1v) is 6.70. The standard InChI is InChI=1S/C7H5ClN2O2S2/c8-14(11,12)4-1-2-6-5(3-4)10-7(9)13-6/h1-3H,(H2,9,10). The van der Waals surface area contributed by atoms with Gasteiger partial charge in [-0.05, 0) is 18.2 Å². The van der Waals surface area contributed by atoms with Gasteiger partial charge in [0.05, 0.1) is 15.1 Å². The van der Waals surface area contributed by atoms with Gasteiger partial charge in [0.2, 0.25) is 0 Å². The molecule has 0 spiro atoms. The second kappa shape index (κ2) is 3.08. The largest absolute Gasteiger partial charge is 0.375 e. The Morgan fingerprint density at radius 3 is 2.79 bits per heavy atom. The van der Waals surface area contributed by atoms with Crippen molar-refractivity contribution < 1.29 is 8.42 Å². The lowest BCUT2D eigenvalue weighted by atomic mass is 10.3. The molecule has 0 amide bonds. The molecular weight excluding hydrogens is 244 g/mol. The van der Waals surface area contributed by atoms with Crippen LogP contribution >= 0.6 is 22.0 Å². The van der Waals surface area contributed by atoms with Gasteiger partial charge in [0.1, 0.15) is 0 Å². The van der Waals surface area contributed by atoms with E-state index in [2.05, 4.69) is 4.98 Å². The van der Waals surface area contributed by atoms with Crippen LogP contribution in [0, 0.1) is 0 Å². The summed E-state index contributed by atoms with van der Waals surface area (Å²) in [6.07, 6.45) is 0. The Bertz CT molecular complexity index is 591. The van der Waals surface area contributed by atoms with Crippen LogP contribution in [0.4, 0.5) is 5.13 Å². The molecule has 2 N–H and O–H groups in total. The van der Waals surface area contributed by atoms with Crippen LogP contribution in [0.3, 0.4) is 0 Å². The van der Waals surface area contributed by atoms with E-state index >= 15 is 0 Å². The minimum absolute atomic E-state index is 0.0389. The van der Waals surface area contributed by atoms with E-state index in [1.807, 2.05) is 0 Å². The number of rotatable bonds is 1. The van der Waals surface area contributed by atoms with Crippen molar-refractivity contribution in [3.05, 3.63) is 18.2 Å². The Morgan fingerprint density at radius 2 is 2.14 bits per heavy atom.